The highest BCUT2D eigenvalue weighted by Crippen LogP contribution is 2.31. The lowest BCUT2D eigenvalue weighted by Crippen LogP contribution is -2.37. The molecule has 0 bridgehead atoms. The van der Waals surface area contributed by atoms with E-state index in [2.05, 4.69) is 14.9 Å². The van der Waals surface area contributed by atoms with Crippen molar-refractivity contribution in [3.63, 3.8) is 0 Å². The van der Waals surface area contributed by atoms with Crippen LogP contribution >= 0.6 is 0 Å². The average molecular weight is 286 g/mol. The molecule has 0 radical (unpaired) electrons. The molecule has 3 rings (SSSR count). The lowest BCUT2D eigenvalue weighted by atomic mass is 10.2. The van der Waals surface area contributed by atoms with E-state index in [-0.39, 0.29) is 5.95 Å². The Hall–Kier alpha value is -2.34. The molecule has 1 aromatic heterocycles. The summed E-state index contributed by atoms with van der Waals surface area (Å²) in [5, 5.41) is 0. The number of nitrogen functional groups attached to an aromatic ring is 1. The summed E-state index contributed by atoms with van der Waals surface area (Å²) in [6.45, 7) is 4.92. The summed E-state index contributed by atoms with van der Waals surface area (Å²) < 4.78 is 11.3. The molecule has 110 valence electrons. The number of hydrogen-bond donors (Lipinski definition) is 1. The Balaban J connectivity index is 1.88. The fraction of sp³-hybridized carbons (Fsp3) is 0.333. The first-order valence-electron chi connectivity index (χ1n) is 6.92. The second kappa shape index (κ2) is 5.97. The van der Waals surface area contributed by atoms with Crippen LogP contribution in [0.3, 0.4) is 0 Å². The summed E-state index contributed by atoms with van der Waals surface area (Å²) in [7, 11) is 0. The molecule has 1 saturated heterocycles. The number of nitrogens with two attached hydrogens (primary N) is 1. The lowest BCUT2D eigenvalue weighted by molar-refractivity contribution is 0.122. The maximum atomic E-state index is 5.91. The quantitative estimate of drug-likeness (QED) is 0.930. The molecule has 2 N–H and O–H groups in total. The fourth-order valence-electron chi connectivity index (χ4n) is 2.18. The number of benzene rings is 1. The molecule has 1 aromatic carbocycles. The number of ether oxygens (including phenoxy) is 2. The molecule has 1 aliphatic rings. The highest BCUT2D eigenvalue weighted by Gasteiger charge is 2.18. The molecule has 2 aromatic rings. The summed E-state index contributed by atoms with van der Waals surface area (Å²) in [5.41, 5.74) is 6.90. The number of aromatic nitrogens is 2. The summed E-state index contributed by atoms with van der Waals surface area (Å²) in [5.74, 6) is 2.32. The largest absolute Gasteiger partial charge is 0.452 e. The summed E-state index contributed by atoms with van der Waals surface area (Å²) in [6.07, 6.45) is 1.62. The zero-order valence-corrected chi connectivity index (χ0v) is 12.0. The lowest BCUT2D eigenvalue weighted by Gasteiger charge is -2.28. The minimum absolute atomic E-state index is 0.243. The van der Waals surface area contributed by atoms with Crippen LogP contribution in [0, 0.1) is 6.92 Å². The maximum absolute atomic E-state index is 5.91. The van der Waals surface area contributed by atoms with Crippen LogP contribution in [0.5, 0.6) is 11.5 Å². The molecule has 0 aliphatic carbocycles. The van der Waals surface area contributed by atoms with Crippen LogP contribution in [-0.4, -0.2) is 36.3 Å². The van der Waals surface area contributed by atoms with Crippen molar-refractivity contribution in [3.8, 4) is 11.5 Å². The first kappa shape index (κ1) is 13.6. The van der Waals surface area contributed by atoms with Gasteiger partial charge in [0.25, 0.3) is 0 Å². The zero-order valence-electron chi connectivity index (χ0n) is 12.0. The second-order valence-corrected chi connectivity index (χ2v) is 4.93. The molecule has 1 fully saturated rings. The normalized spacial score (nSPS) is 15.0. The van der Waals surface area contributed by atoms with Gasteiger partial charge in [0, 0.05) is 13.1 Å². The Morgan fingerprint density at radius 3 is 2.62 bits per heavy atom. The van der Waals surface area contributed by atoms with Gasteiger partial charge in [0.1, 0.15) is 5.75 Å². The van der Waals surface area contributed by atoms with E-state index in [9.17, 15) is 0 Å². The SMILES string of the molecule is Cc1ccc(Oc2cnc(N)nc2N2CCOCC2)cc1. The standard InChI is InChI=1S/C15H18N4O2/c1-11-2-4-12(5-3-11)21-13-10-17-15(16)18-14(13)19-6-8-20-9-7-19/h2-5,10H,6-9H2,1H3,(H2,16,17,18). The third-order valence-electron chi connectivity index (χ3n) is 3.31. The van der Waals surface area contributed by atoms with E-state index in [1.54, 1.807) is 6.20 Å². The van der Waals surface area contributed by atoms with Crippen molar-refractivity contribution in [3.05, 3.63) is 36.0 Å². The second-order valence-electron chi connectivity index (χ2n) is 4.93. The van der Waals surface area contributed by atoms with Gasteiger partial charge >= 0.3 is 0 Å². The molecule has 21 heavy (non-hydrogen) atoms. The number of rotatable bonds is 3. The van der Waals surface area contributed by atoms with Gasteiger partial charge in [0.2, 0.25) is 5.95 Å². The number of aryl methyl sites for hydroxylation is 1. The van der Waals surface area contributed by atoms with E-state index in [4.69, 9.17) is 15.2 Å². The molecule has 0 amide bonds. The predicted octanol–water partition coefficient (Wildman–Crippen LogP) is 2.00. The van der Waals surface area contributed by atoms with Gasteiger partial charge in [-0.3, -0.25) is 0 Å². The van der Waals surface area contributed by atoms with E-state index < -0.39 is 0 Å². The molecular weight excluding hydrogens is 268 g/mol. The van der Waals surface area contributed by atoms with Crippen molar-refractivity contribution in [1.82, 2.24) is 9.97 Å². The summed E-state index contributed by atoms with van der Waals surface area (Å²) in [6, 6.07) is 7.85. The summed E-state index contributed by atoms with van der Waals surface area (Å²) >= 11 is 0. The van der Waals surface area contributed by atoms with E-state index >= 15 is 0 Å². The summed E-state index contributed by atoms with van der Waals surface area (Å²) in [4.78, 5) is 10.5. The number of morpholine rings is 1. The molecule has 0 spiro atoms. The van der Waals surface area contributed by atoms with Crippen LogP contribution in [0.25, 0.3) is 0 Å². The molecular formula is C15H18N4O2. The van der Waals surface area contributed by atoms with Crippen molar-refractivity contribution in [1.29, 1.82) is 0 Å². The molecule has 2 heterocycles. The molecule has 6 nitrogen and oxygen atoms in total. The van der Waals surface area contributed by atoms with Crippen molar-refractivity contribution in [2.24, 2.45) is 0 Å². The number of hydrogen-bond acceptors (Lipinski definition) is 6. The Morgan fingerprint density at radius 2 is 1.90 bits per heavy atom. The highest BCUT2D eigenvalue weighted by molar-refractivity contribution is 5.55. The van der Waals surface area contributed by atoms with Crippen molar-refractivity contribution >= 4 is 11.8 Å². The Labute approximate surface area is 123 Å². The van der Waals surface area contributed by atoms with Gasteiger partial charge in [-0.1, -0.05) is 17.7 Å². The minimum atomic E-state index is 0.243. The Morgan fingerprint density at radius 1 is 1.19 bits per heavy atom. The average Bonchev–Trinajstić information content (AvgIpc) is 2.52. The maximum Gasteiger partial charge on any atom is 0.222 e. The van der Waals surface area contributed by atoms with Crippen LogP contribution < -0.4 is 15.4 Å². The van der Waals surface area contributed by atoms with Crippen molar-refractivity contribution < 1.29 is 9.47 Å². The third kappa shape index (κ3) is 3.22. The van der Waals surface area contributed by atoms with E-state index in [1.165, 1.54) is 5.56 Å². The Kier molecular flexibility index (Phi) is 3.87. The van der Waals surface area contributed by atoms with Gasteiger partial charge in [-0.05, 0) is 19.1 Å². The Bertz CT molecular complexity index is 610. The monoisotopic (exact) mass is 286 g/mol. The van der Waals surface area contributed by atoms with Crippen LogP contribution in [0.15, 0.2) is 30.5 Å². The molecule has 0 atom stereocenters. The van der Waals surface area contributed by atoms with Gasteiger partial charge < -0.3 is 20.1 Å². The smallest absolute Gasteiger partial charge is 0.222 e. The topological polar surface area (TPSA) is 73.5 Å². The van der Waals surface area contributed by atoms with Gasteiger partial charge in [-0.25, -0.2) is 4.98 Å². The van der Waals surface area contributed by atoms with Gasteiger partial charge in [0.15, 0.2) is 11.6 Å². The zero-order chi connectivity index (χ0) is 14.7. The molecule has 0 unspecified atom stereocenters. The first-order chi connectivity index (χ1) is 10.2. The molecule has 0 saturated carbocycles. The highest BCUT2D eigenvalue weighted by atomic mass is 16.5. The predicted molar refractivity (Wildman–Crippen MR) is 80.7 cm³/mol. The van der Waals surface area contributed by atoms with Crippen LogP contribution in [0.2, 0.25) is 0 Å². The van der Waals surface area contributed by atoms with Crippen LogP contribution in [-0.2, 0) is 4.74 Å². The van der Waals surface area contributed by atoms with Gasteiger partial charge in [-0.2, -0.15) is 4.98 Å². The van der Waals surface area contributed by atoms with Crippen molar-refractivity contribution in [2.45, 2.75) is 6.92 Å². The van der Waals surface area contributed by atoms with E-state index in [0.29, 0.717) is 24.8 Å². The van der Waals surface area contributed by atoms with Gasteiger partial charge in [-0.15, -0.1) is 0 Å². The van der Waals surface area contributed by atoms with Crippen LogP contribution in [0.1, 0.15) is 5.56 Å². The van der Waals surface area contributed by atoms with Gasteiger partial charge in [0.05, 0.1) is 19.4 Å². The third-order valence-corrected chi connectivity index (χ3v) is 3.31. The fourth-order valence-corrected chi connectivity index (χ4v) is 2.18. The van der Waals surface area contributed by atoms with E-state index in [1.807, 2.05) is 31.2 Å². The van der Waals surface area contributed by atoms with Crippen LogP contribution in [0.4, 0.5) is 11.8 Å². The number of nitrogens with zero attached hydrogens (tertiary/aromatic N) is 3. The molecule has 1 aliphatic heterocycles. The first-order valence-corrected chi connectivity index (χ1v) is 6.92. The molecule has 6 heteroatoms. The van der Waals surface area contributed by atoms with E-state index in [0.717, 1.165) is 18.8 Å². The minimum Gasteiger partial charge on any atom is -0.452 e. The van der Waals surface area contributed by atoms with Crippen molar-refractivity contribution in [2.75, 3.05) is 36.9 Å². The number of anilines is 2.